The SMILES string of the molecule is Cc1cn2c(n1)CCC(NC(=O)C1CC1c1cnn(C)c1)C2. The summed E-state index contributed by atoms with van der Waals surface area (Å²) in [6, 6.07) is 0.226. The van der Waals surface area contributed by atoms with E-state index in [1.165, 1.54) is 5.56 Å². The van der Waals surface area contributed by atoms with Gasteiger partial charge in [0.2, 0.25) is 5.91 Å². The Morgan fingerprint density at radius 1 is 1.41 bits per heavy atom. The first-order chi connectivity index (χ1) is 10.6. The zero-order chi connectivity index (χ0) is 15.3. The maximum atomic E-state index is 12.4. The number of hydrogen-bond acceptors (Lipinski definition) is 3. The highest BCUT2D eigenvalue weighted by Crippen LogP contribution is 2.47. The third-order valence-corrected chi connectivity index (χ3v) is 4.74. The molecule has 1 aliphatic heterocycles. The van der Waals surface area contributed by atoms with Crippen LogP contribution < -0.4 is 5.32 Å². The molecule has 1 saturated carbocycles. The molecule has 1 fully saturated rings. The lowest BCUT2D eigenvalue weighted by molar-refractivity contribution is -0.123. The van der Waals surface area contributed by atoms with Crippen molar-refractivity contribution in [2.45, 2.75) is 44.7 Å². The minimum atomic E-state index is 0.120. The van der Waals surface area contributed by atoms with Crippen LogP contribution >= 0.6 is 0 Å². The summed E-state index contributed by atoms with van der Waals surface area (Å²) in [5.74, 6) is 1.81. The monoisotopic (exact) mass is 299 g/mol. The van der Waals surface area contributed by atoms with Crippen LogP contribution in [0.25, 0.3) is 0 Å². The molecule has 0 radical (unpaired) electrons. The quantitative estimate of drug-likeness (QED) is 0.925. The normalized spacial score (nSPS) is 26.5. The Kier molecular flexibility index (Phi) is 3.06. The topological polar surface area (TPSA) is 64.7 Å². The van der Waals surface area contributed by atoms with Crippen molar-refractivity contribution in [1.82, 2.24) is 24.6 Å². The number of aromatic nitrogens is 4. The van der Waals surface area contributed by atoms with Crippen molar-refractivity contribution in [2.75, 3.05) is 0 Å². The standard InChI is InChI=1S/C16H21N5O/c1-10-7-21-9-12(3-4-15(21)18-10)19-16(22)14-5-13(14)11-6-17-20(2)8-11/h6-8,12-14H,3-5,9H2,1-2H3,(H,19,22). The van der Waals surface area contributed by atoms with Gasteiger partial charge < -0.3 is 9.88 Å². The summed E-state index contributed by atoms with van der Waals surface area (Å²) in [5.41, 5.74) is 2.24. The van der Waals surface area contributed by atoms with Crippen LogP contribution in [-0.4, -0.2) is 31.3 Å². The van der Waals surface area contributed by atoms with Gasteiger partial charge in [-0.2, -0.15) is 5.10 Å². The zero-order valence-electron chi connectivity index (χ0n) is 13.0. The van der Waals surface area contributed by atoms with E-state index in [2.05, 4.69) is 26.2 Å². The number of carbonyl (C=O) groups excluding carboxylic acids is 1. The molecular formula is C16H21N5O. The molecule has 1 aliphatic carbocycles. The molecular weight excluding hydrogens is 278 g/mol. The smallest absolute Gasteiger partial charge is 0.224 e. The average Bonchev–Trinajstić information content (AvgIpc) is 3.03. The van der Waals surface area contributed by atoms with Gasteiger partial charge in [0.05, 0.1) is 11.9 Å². The molecule has 4 rings (SSSR count). The first-order valence-corrected chi connectivity index (χ1v) is 7.91. The first kappa shape index (κ1) is 13.5. The summed E-state index contributed by atoms with van der Waals surface area (Å²) in [6.07, 6.45) is 8.82. The van der Waals surface area contributed by atoms with Crippen molar-refractivity contribution in [2.24, 2.45) is 13.0 Å². The highest BCUT2D eigenvalue weighted by molar-refractivity contribution is 5.83. The Hall–Kier alpha value is -2.11. The Labute approximate surface area is 129 Å². The molecule has 0 saturated heterocycles. The van der Waals surface area contributed by atoms with Crippen LogP contribution in [0, 0.1) is 12.8 Å². The molecule has 0 bridgehead atoms. The summed E-state index contributed by atoms with van der Waals surface area (Å²) in [6.45, 7) is 2.85. The summed E-state index contributed by atoms with van der Waals surface area (Å²) < 4.78 is 3.97. The fourth-order valence-corrected chi connectivity index (χ4v) is 3.50. The maximum Gasteiger partial charge on any atom is 0.224 e. The molecule has 3 heterocycles. The molecule has 0 spiro atoms. The molecule has 2 aromatic rings. The number of fused-ring (bicyclic) bond motifs is 1. The van der Waals surface area contributed by atoms with Gasteiger partial charge in [0.1, 0.15) is 5.82 Å². The van der Waals surface area contributed by atoms with E-state index in [9.17, 15) is 4.79 Å². The summed E-state index contributed by atoms with van der Waals surface area (Å²) >= 11 is 0. The van der Waals surface area contributed by atoms with E-state index >= 15 is 0 Å². The lowest BCUT2D eigenvalue weighted by atomic mass is 10.1. The van der Waals surface area contributed by atoms with E-state index in [-0.39, 0.29) is 17.9 Å². The van der Waals surface area contributed by atoms with Crippen LogP contribution in [0.2, 0.25) is 0 Å². The molecule has 0 aromatic carbocycles. The summed E-state index contributed by atoms with van der Waals surface area (Å²) in [5, 5.41) is 7.41. The minimum absolute atomic E-state index is 0.120. The Balaban J connectivity index is 1.36. The highest BCUT2D eigenvalue weighted by Gasteiger charge is 2.45. The van der Waals surface area contributed by atoms with Crippen LogP contribution in [0.4, 0.5) is 0 Å². The number of hydrogen-bond donors (Lipinski definition) is 1. The van der Waals surface area contributed by atoms with Gasteiger partial charge in [-0.25, -0.2) is 4.98 Å². The van der Waals surface area contributed by atoms with E-state index in [0.29, 0.717) is 5.92 Å². The van der Waals surface area contributed by atoms with Crippen molar-refractivity contribution in [3.8, 4) is 0 Å². The highest BCUT2D eigenvalue weighted by atomic mass is 16.2. The van der Waals surface area contributed by atoms with Crippen molar-refractivity contribution < 1.29 is 4.79 Å². The second kappa shape index (κ2) is 4.97. The van der Waals surface area contributed by atoms with E-state index in [1.807, 2.05) is 26.4 Å². The Morgan fingerprint density at radius 3 is 3.05 bits per heavy atom. The molecule has 22 heavy (non-hydrogen) atoms. The average molecular weight is 299 g/mol. The van der Waals surface area contributed by atoms with Gasteiger partial charge in [0.15, 0.2) is 0 Å². The number of nitrogens with one attached hydrogen (secondary N) is 1. The largest absolute Gasteiger partial charge is 0.351 e. The molecule has 2 aliphatic rings. The van der Waals surface area contributed by atoms with E-state index in [0.717, 1.165) is 37.3 Å². The second-order valence-electron chi connectivity index (χ2n) is 6.59. The molecule has 6 heteroatoms. The predicted molar refractivity (Wildman–Crippen MR) is 81.3 cm³/mol. The predicted octanol–water partition coefficient (Wildman–Crippen LogP) is 1.16. The van der Waals surface area contributed by atoms with E-state index in [1.54, 1.807) is 4.68 Å². The minimum Gasteiger partial charge on any atom is -0.351 e. The van der Waals surface area contributed by atoms with Gasteiger partial charge in [-0.3, -0.25) is 9.48 Å². The summed E-state index contributed by atoms with van der Waals surface area (Å²) in [7, 11) is 1.91. The number of amides is 1. The molecule has 1 N–H and O–H groups in total. The Morgan fingerprint density at radius 2 is 2.27 bits per heavy atom. The van der Waals surface area contributed by atoms with E-state index < -0.39 is 0 Å². The number of imidazole rings is 1. The third kappa shape index (κ3) is 2.42. The van der Waals surface area contributed by atoms with Crippen molar-refractivity contribution in [1.29, 1.82) is 0 Å². The zero-order valence-corrected chi connectivity index (χ0v) is 13.0. The Bertz CT molecular complexity index is 716. The van der Waals surface area contributed by atoms with E-state index in [4.69, 9.17) is 0 Å². The van der Waals surface area contributed by atoms with Gasteiger partial charge >= 0.3 is 0 Å². The molecule has 116 valence electrons. The lowest BCUT2D eigenvalue weighted by Crippen LogP contribution is -2.41. The van der Waals surface area contributed by atoms with Crippen molar-refractivity contribution in [3.63, 3.8) is 0 Å². The molecule has 1 amide bonds. The van der Waals surface area contributed by atoms with Gasteiger partial charge in [0.25, 0.3) is 0 Å². The maximum absolute atomic E-state index is 12.4. The van der Waals surface area contributed by atoms with Crippen LogP contribution in [0.15, 0.2) is 18.6 Å². The van der Waals surface area contributed by atoms with Gasteiger partial charge in [0, 0.05) is 44.4 Å². The van der Waals surface area contributed by atoms with Crippen LogP contribution in [0.1, 0.15) is 35.8 Å². The lowest BCUT2D eigenvalue weighted by Gasteiger charge is -2.24. The molecule has 3 atom stereocenters. The third-order valence-electron chi connectivity index (χ3n) is 4.74. The number of aryl methyl sites for hydroxylation is 3. The number of rotatable bonds is 3. The molecule has 6 nitrogen and oxygen atoms in total. The van der Waals surface area contributed by atoms with Crippen LogP contribution in [0.5, 0.6) is 0 Å². The fourth-order valence-electron chi connectivity index (χ4n) is 3.50. The van der Waals surface area contributed by atoms with Crippen molar-refractivity contribution in [3.05, 3.63) is 35.7 Å². The van der Waals surface area contributed by atoms with Crippen molar-refractivity contribution >= 4 is 5.91 Å². The van der Waals surface area contributed by atoms with Crippen LogP contribution in [0.3, 0.4) is 0 Å². The number of carbonyl (C=O) groups is 1. The fraction of sp³-hybridized carbons (Fsp3) is 0.562. The summed E-state index contributed by atoms with van der Waals surface area (Å²) in [4.78, 5) is 16.9. The number of nitrogens with zero attached hydrogens (tertiary/aromatic N) is 4. The van der Waals surface area contributed by atoms with Gasteiger partial charge in [-0.1, -0.05) is 0 Å². The second-order valence-corrected chi connectivity index (χ2v) is 6.59. The first-order valence-electron chi connectivity index (χ1n) is 7.91. The van der Waals surface area contributed by atoms with Gasteiger partial charge in [-0.05, 0) is 31.2 Å². The molecule has 2 aromatic heterocycles. The van der Waals surface area contributed by atoms with Gasteiger partial charge in [-0.15, -0.1) is 0 Å². The van der Waals surface area contributed by atoms with Crippen LogP contribution in [-0.2, 0) is 24.8 Å². The molecule has 3 unspecified atom stereocenters.